The normalized spacial score (nSPS) is 11.4. The molecule has 0 aliphatic rings. The highest BCUT2D eigenvalue weighted by Crippen LogP contribution is 2.12. The Labute approximate surface area is 152 Å². The monoisotopic (exact) mass is 344 g/mol. The summed E-state index contributed by atoms with van der Waals surface area (Å²) >= 11 is 0. The quantitative estimate of drug-likeness (QED) is 0.524. The molecule has 3 aromatic rings. The molecule has 0 radical (unpaired) electrons. The van der Waals surface area contributed by atoms with Crippen LogP contribution in [0.3, 0.4) is 0 Å². The molecule has 4 heteroatoms. The van der Waals surface area contributed by atoms with Crippen LogP contribution in [-0.4, -0.2) is 17.9 Å². The summed E-state index contributed by atoms with van der Waals surface area (Å²) in [5, 5.41) is 5.92. The third kappa shape index (κ3) is 4.36. The van der Waals surface area contributed by atoms with Crippen molar-refractivity contribution in [1.29, 1.82) is 0 Å². The van der Waals surface area contributed by atoms with Gasteiger partial charge >= 0.3 is 0 Å². The number of amides is 1. The maximum absolute atomic E-state index is 12.9. The minimum atomic E-state index is -0.868. The number of anilines is 1. The van der Waals surface area contributed by atoms with Crippen LogP contribution in [0.1, 0.15) is 26.3 Å². The van der Waals surface area contributed by atoms with Gasteiger partial charge in [-0.15, -0.1) is 0 Å². The number of carbonyl (C=O) groups is 2. The first kappa shape index (κ1) is 17.4. The average molecular weight is 344 g/mol. The molecule has 3 rings (SSSR count). The Morgan fingerprint density at radius 3 is 1.85 bits per heavy atom. The van der Waals surface area contributed by atoms with Gasteiger partial charge in [0.15, 0.2) is 6.17 Å². The molecule has 3 aromatic carbocycles. The number of benzene rings is 3. The van der Waals surface area contributed by atoms with Crippen molar-refractivity contribution in [2.24, 2.45) is 0 Å². The zero-order valence-corrected chi connectivity index (χ0v) is 14.5. The van der Waals surface area contributed by atoms with Gasteiger partial charge in [-0.1, -0.05) is 66.2 Å². The van der Waals surface area contributed by atoms with Crippen LogP contribution in [0.25, 0.3) is 0 Å². The summed E-state index contributed by atoms with van der Waals surface area (Å²) in [6.07, 6.45) is -0.868. The van der Waals surface area contributed by atoms with Crippen molar-refractivity contribution in [3.8, 4) is 0 Å². The molecule has 0 saturated heterocycles. The molecule has 0 spiro atoms. The van der Waals surface area contributed by atoms with Gasteiger partial charge in [0, 0.05) is 16.8 Å². The largest absolute Gasteiger partial charge is 0.359 e. The molecule has 26 heavy (non-hydrogen) atoms. The van der Waals surface area contributed by atoms with Gasteiger partial charge in [0.25, 0.3) is 5.91 Å². The standard InChI is InChI=1S/C22H20N2O2/c1-16-12-14-19(15-13-16)23-21(20(25)17-8-4-2-5-9-17)24-22(26)18-10-6-3-7-11-18/h2-15,21,23H,1H3,(H,24,26)/t21-/m0/s1. The van der Waals surface area contributed by atoms with E-state index >= 15 is 0 Å². The van der Waals surface area contributed by atoms with Crippen LogP contribution in [0.15, 0.2) is 84.9 Å². The SMILES string of the molecule is Cc1ccc(N[C@@H](NC(=O)c2ccccc2)C(=O)c2ccccc2)cc1. The predicted molar refractivity (Wildman–Crippen MR) is 103 cm³/mol. The van der Waals surface area contributed by atoms with E-state index in [1.807, 2.05) is 43.3 Å². The predicted octanol–water partition coefficient (Wildman–Crippen LogP) is 4.05. The van der Waals surface area contributed by atoms with E-state index in [2.05, 4.69) is 10.6 Å². The van der Waals surface area contributed by atoms with Gasteiger partial charge in [-0.2, -0.15) is 0 Å². The van der Waals surface area contributed by atoms with Crippen molar-refractivity contribution in [2.45, 2.75) is 13.1 Å². The summed E-state index contributed by atoms with van der Waals surface area (Å²) in [5.41, 5.74) is 2.92. The number of hydrogen-bond donors (Lipinski definition) is 2. The third-order valence-corrected chi connectivity index (χ3v) is 3.99. The summed E-state index contributed by atoms with van der Waals surface area (Å²) in [5.74, 6) is -0.505. The fourth-order valence-corrected chi connectivity index (χ4v) is 2.56. The van der Waals surface area contributed by atoms with E-state index in [1.54, 1.807) is 48.5 Å². The number of aryl methyl sites for hydroxylation is 1. The molecule has 0 aliphatic heterocycles. The van der Waals surface area contributed by atoms with Gasteiger partial charge in [0.05, 0.1) is 0 Å². The van der Waals surface area contributed by atoms with E-state index in [0.29, 0.717) is 11.1 Å². The Hall–Kier alpha value is -3.40. The first-order valence-corrected chi connectivity index (χ1v) is 8.42. The summed E-state index contributed by atoms with van der Waals surface area (Å²) in [6, 6.07) is 25.4. The van der Waals surface area contributed by atoms with Crippen molar-refractivity contribution < 1.29 is 9.59 Å². The van der Waals surface area contributed by atoms with Crippen LogP contribution < -0.4 is 10.6 Å². The second kappa shape index (κ2) is 8.12. The highest BCUT2D eigenvalue weighted by atomic mass is 16.2. The lowest BCUT2D eigenvalue weighted by molar-refractivity contribution is 0.0869. The second-order valence-corrected chi connectivity index (χ2v) is 6.01. The molecular weight excluding hydrogens is 324 g/mol. The molecule has 1 atom stereocenters. The fourth-order valence-electron chi connectivity index (χ4n) is 2.56. The zero-order chi connectivity index (χ0) is 18.4. The van der Waals surface area contributed by atoms with E-state index in [4.69, 9.17) is 0 Å². The Morgan fingerprint density at radius 2 is 1.27 bits per heavy atom. The van der Waals surface area contributed by atoms with Gasteiger partial charge in [0.1, 0.15) is 0 Å². The molecule has 1 amide bonds. The van der Waals surface area contributed by atoms with Gasteiger partial charge in [-0.3, -0.25) is 9.59 Å². The number of Topliss-reactive ketones (excluding diaryl/α,β-unsaturated/α-hetero) is 1. The van der Waals surface area contributed by atoms with E-state index in [9.17, 15) is 9.59 Å². The lowest BCUT2D eigenvalue weighted by Gasteiger charge is -2.20. The lowest BCUT2D eigenvalue weighted by atomic mass is 10.1. The number of ketones is 1. The van der Waals surface area contributed by atoms with Crippen LogP contribution in [0.5, 0.6) is 0 Å². The Kier molecular flexibility index (Phi) is 5.44. The molecular formula is C22H20N2O2. The molecule has 0 aliphatic carbocycles. The van der Waals surface area contributed by atoms with Crippen molar-refractivity contribution in [2.75, 3.05) is 5.32 Å². The zero-order valence-electron chi connectivity index (χ0n) is 14.5. The third-order valence-electron chi connectivity index (χ3n) is 3.99. The fraction of sp³-hybridized carbons (Fsp3) is 0.0909. The maximum Gasteiger partial charge on any atom is 0.253 e. The molecule has 0 fully saturated rings. The summed E-state index contributed by atoms with van der Waals surface area (Å²) in [6.45, 7) is 1.99. The molecule has 130 valence electrons. The number of nitrogens with one attached hydrogen (secondary N) is 2. The molecule has 4 nitrogen and oxygen atoms in total. The molecule has 2 N–H and O–H groups in total. The molecule has 0 aromatic heterocycles. The van der Waals surface area contributed by atoms with Crippen LogP contribution in [0.4, 0.5) is 5.69 Å². The first-order chi connectivity index (χ1) is 12.6. The second-order valence-electron chi connectivity index (χ2n) is 6.01. The van der Waals surface area contributed by atoms with Crippen LogP contribution >= 0.6 is 0 Å². The van der Waals surface area contributed by atoms with Gasteiger partial charge in [-0.05, 0) is 31.2 Å². The van der Waals surface area contributed by atoms with E-state index < -0.39 is 6.17 Å². The highest BCUT2D eigenvalue weighted by Gasteiger charge is 2.22. The Balaban J connectivity index is 1.84. The number of carbonyl (C=O) groups excluding carboxylic acids is 2. The summed E-state index contributed by atoms with van der Waals surface area (Å²) < 4.78 is 0. The molecule has 0 bridgehead atoms. The average Bonchev–Trinajstić information content (AvgIpc) is 2.70. The number of rotatable bonds is 6. The molecule has 0 heterocycles. The Bertz CT molecular complexity index is 875. The van der Waals surface area contributed by atoms with Crippen molar-refractivity contribution in [3.05, 3.63) is 102 Å². The lowest BCUT2D eigenvalue weighted by Crippen LogP contribution is -2.46. The molecule has 0 unspecified atom stereocenters. The van der Waals surface area contributed by atoms with Crippen LogP contribution in [0.2, 0.25) is 0 Å². The van der Waals surface area contributed by atoms with Gasteiger partial charge in [-0.25, -0.2) is 0 Å². The summed E-state index contributed by atoms with van der Waals surface area (Å²) in [4.78, 5) is 25.4. The van der Waals surface area contributed by atoms with Crippen molar-refractivity contribution >= 4 is 17.4 Å². The van der Waals surface area contributed by atoms with Crippen LogP contribution in [0, 0.1) is 6.92 Å². The van der Waals surface area contributed by atoms with Gasteiger partial charge < -0.3 is 10.6 Å². The summed E-state index contributed by atoms with van der Waals surface area (Å²) in [7, 11) is 0. The van der Waals surface area contributed by atoms with E-state index in [0.717, 1.165) is 11.3 Å². The molecule has 0 saturated carbocycles. The highest BCUT2D eigenvalue weighted by molar-refractivity contribution is 6.05. The first-order valence-electron chi connectivity index (χ1n) is 8.42. The minimum Gasteiger partial charge on any atom is -0.359 e. The topological polar surface area (TPSA) is 58.2 Å². The van der Waals surface area contributed by atoms with E-state index in [-0.39, 0.29) is 11.7 Å². The van der Waals surface area contributed by atoms with Crippen LogP contribution in [-0.2, 0) is 0 Å². The maximum atomic E-state index is 12.9. The van der Waals surface area contributed by atoms with Crippen molar-refractivity contribution in [1.82, 2.24) is 5.32 Å². The smallest absolute Gasteiger partial charge is 0.253 e. The van der Waals surface area contributed by atoms with E-state index in [1.165, 1.54) is 0 Å². The van der Waals surface area contributed by atoms with Gasteiger partial charge in [0.2, 0.25) is 5.78 Å². The minimum absolute atomic E-state index is 0.199. The number of hydrogen-bond acceptors (Lipinski definition) is 3. The Morgan fingerprint density at radius 1 is 0.731 bits per heavy atom. The van der Waals surface area contributed by atoms with Crippen molar-refractivity contribution in [3.63, 3.8) is 0 Å².